The van der Waals surface area contributed by atoms with Gasteiger partial charge in [0, 0.05) is 43.8 Å². The van der Waals surface area contributed by atoms with Crippen molar-refractivity contribution in [3.8, 4) is 0 Å². The summed E-state index contributed by atoms with van der Waals surface area (Å²) in [4.78, 5) is 5.42. The van der Waals surface area contributed by atoms with Gasteiger partial charge in [0.25, 0.3) is 0 Å². The summed E-state index contributed by atoms with van der Waals surface area (Å²) in [5.74, 6) is 0. The molecule has 0 spiro atoms. The smallest absolute Gasteiger partial charge is 0.374 e. The lowest BCUT2D eigenvalue weighted by molar-refractivity contribution is -0.132. The van der Waals surface area contributed by atoms with Gasteiger partial charge in [-0.15, -0.1) is 0 Å². The summed E-state index contributed by atoms with van der Waals surface area (Å²) in [6.07, 6.45) is -1.86. The molecule has 0 aliphatic heterocycles. The van der Waals surface area contributed by atoms with Crippen LogP contribution in [0, 0.1) is 0 Å². The van der Waals surface area contributed by atoms with E-state index in [1.807, 2.05) is 0 Å². The summed E-state index contributed by atoms with van der Waals surface area (Å²) >= 11 is 0. The Hall–Kier alpha value is -1.30. The summed E-state index contributed by atoms with van der Waals surface area (Å²) in [7, 11) is 1.61. The Morgan fingerprint density at radius 3 is 2.69 bits per heavy atom. The van der Waals surface area contributed by atoms with E-state index < -0.39 is 12.6 Å². The molecular formula is C10H14F3N3. The van der Waals surface area contributed by atoms with Gasteiger partial charge in [0.1, 0.15) is 0 Å². The van der Waals surface area contributed by atoms with Gasteiger partial charge in [0.2, 0.25) is 0 Å². The number of rotatable bonds is 4. The van der Waals surface area contributed by atoms with Gasteiger partial charge in [0.05, 0.1) is 6.42 Å². The third kappa shape index (κ3) is 3.69. The van der Waals surface area contributed by atoms with Gasteiger partial charge in [0.15, 0.2) is 0 Å². The molecule has 90 valence electrons. The third-order valence-corrected chi connectivity index (χ3v) is 2.24. The third-order valence-electron chi connectivity index (χ3n) is 2.24. The summed E-state index contributed by atoms with van der Waals surface area (Å²) in [5.41, 5.74) is 6.92. The Bertz CT molecular complexity index is 338. The molecule has 0 aromatic carbocycles. The van der Waals surface area contributed by atoms with Gasteiger partial charge in [-0.05, 0) is 6.07 Å². The van der Waals surface area contributed by atoms with Crippen LogP contribution in [0.4, 0.5) is 18.9 Å². The fourth-order valence-electron chi connectivity index (χ4n) is 1.36. The minimum atomic E-state index is -4.13. The van der Waals surface area contributed by atoms with Crippen LogP contribution >= 0.6 is 0 Å². The Balaban J connectivity index is 2.69. The molecule has 1 aromatic rings. The highest BCUT2D eigenvalue weighted by atomic mass is 19.4. The van der Waals surface area contributed by atoms with Crippen molar-refractivity contribution in [2.75, 3.05) is 18.5 Å². The van der Waals surface area contributed by atoms with Crippen LogP contribution in [0.15, 0.2) is 18.5 Å². The molecule has 3 nitrogen and oxygen atoms in total. The lowest BCUT2D eigenvalue weighted by Crippen LogP contribution is -2.25. The summed E-state index contributed by atoms with van der Waals surface area (Å²) < 4.78 is 36.2. The molecule has 0 aliphatic carbocycles. The number of aromatic nitrogens is 1. The molecule has 0 radical (unpaired) electrons. The van der Waals surface area contributed by atoms with Crippen LogP contribution in [0.25, 0.3) is 0 Å². The van der Waals surface area contributed by atoms with E-state index in [1.54, 1.807) is 25.5 Å². The number of hydrogen-bond donors (Lipinski definition) is 1. The number of alkyl halides is 3. The summed E-state index contributed by atoms with van der Waals surface area (Å²) in [5, 5.41) is 0. The molecule has 0 atom stereocenters. The number of nitrogens with zero attached hydrogens (tertiary/aromatic N) is 2. The molecule has 0 amide bonds. The number of pyridine rings is 1. The molecule has 0 unspecified atom stereocenters. The van der Waals surface area contributed by atoms with Crippen molar-refractivity contribution in [3.63, 3.8) is 0 Å². The van der Waals surface area contributed by atoms with Crippen LogP contribution in [-0.2, 0) is 6.54 Å². The minimum absolute atomic E-state index is 0.0828. The molecule has 1 aromatic heterocycles. The lowest BCUT2D eigenvalue weighted by atomic mass is 10.2. The monoisotopic (exact) mass is 233 g/mol. The van der Waals surface area contributed by atoms with E-state index in [0.29, 0.717) is 5.69 Å². The molecule has 0 aliphatic rings. The summed E-state index contributed by atoms with van der Waals surface area (Å²) in [6, 6.07) is 1.67. The molecule has 16 heavy (non-hydrogen) atoms. The van der Waals surface area contributed by atoms with Crippen LogP contribution in [0.5, 0.6) is 0 Å². The Kier molecular flexibility index (Phi) is 4.12. The predicted molar refractivity (Wildman–Crippen MR) is 56.1 cm³/mol. The van der Waals surface area contributed by atoms with Crippen LogP contribution in [0.1, 0.15) is 12.0 Å². The molecule has 0 bridgehead atoms. The van der Waals surface area contributed by atoms with Crippen molar-refractivity contribution in [1.29, 1.82) is 0 Å². The fourth-order valence-corrected chi connectivity index (χ4v) is 1.36. The maximum atomic E-state index is 12.1. The highest BCUT2D eigenvalue weighted by Gasteiger charge is 2.27. The van der Waals surface area contributed by atoms with E-state index in [0.717, 1.165) is 5.56 Å². The van der Waals surface area contributed by atoms with Gasteiger partial charge >= 0.3 is 6.18 Å². The van der Waals surface area contributed by atoms with Crippen LogP contribution in [0.3, 0.4) is 0 Å². The summed E-state index contributed by atoms with van der Waals surface area (Å²) in [6.45, 7) is 0.181. The topological polar surface area (TPSA) is 42.2 Å². The second-order valence-electron chi connectivity index (χ2n) is 3.50. The maximum Gasteiger partial charge on any atom is 0.390 e. The average Bonchev–Trinajstić information content (AvgIpc) is 2.25. The Morgan fingerprint density at radius 1 is 1.44 bits per heavy atom. The standard InChI is InChI=1S/C10H14F3N3/c1-16(5-3-10(11,12)13)9-2-4-15-7-8(9)6-14/h2,4,7H,3,5-6,14H2,1H3. The SMILES string of the molecule is CN(CCC(F)(F)F)c1ccncc1CN. The van der Waals surface area contributed by atoms with Crippen molar-refractivity contribution >= 4 is 5.69 Å². The molecule has 1 heterocycles. The highest BCUT2D eigenvalue weighted by molar-refractivity contribution is 5.51. The predicted octanol–water partition coefficient (Wildman–Crippen LogP) is 1.93. The minimum Gasteiger partial charge on any atom is -0.374 e. The van der Waals surface area contributed by atoms with Gasteiger partial charge in [-0.25, -0.2) is 0 Å². The zero-order chi connectivity index (χ0) is 12.2. The van der Waals surface area contributed by atoms with E-state index in [9.17, 15) is 13.2 Å². The first kappa shape index (κ1) is 12.8. The quantitative estimate of drug-likeness (QED) is 0.864. The maximum absolute atomic E-state index is 12.1. The molecule has 0 fully saturated rings. The van der Waals surface area contributed by atoms with Gasteiger partial charge < -0.3 is 10.6 Å². The average molecular weight is 233 g/mol. The van der Waals surface area contributed by atoms with Crippen molar-refractivity contribution in [3.05, 3.63) is 24.0 Å². The molecular weight excluding hydrogens is 219 g/mol. The zero-order valence-electron chi connectivity index (χ0n) is 8.96. The molecule has 1 rings (SSSR count). The number of anilines is 1. The van der Waals surface area contributed by atoms with E-state index in [-0.39, 0.29) is 13.1 Å². The number of hydrogen-bond acceptors (Lipinski definition) is 3. The molecule has 6 heteroatoms. The molecule has 0 saturated carbocycles. The highest BCUT2D eigenvalue weighted by Crippen LogP contribution is 2.23. The van der Waals surface area contributed by atoms with Crippen molar-refractivity contribution < 1.29 is 13.2 Å². The van der Waals surface area contributed by atoms with Crippen molar-refractivity contribution in [2.24, 2.45) is 5.73 Å². The second-order valence-corrected chi connectivity index (χ2v) is 3.50. The van der Waals surface area contributed by atoms with Crippen LogP contribution in [0.2, 0.25) is 0 Å². The van der Waals surface area contributed by atoms with Crippen LogP contribution in [-0.4, -0.2) is 24.8 Å². The van der Waals surface area contributed by atoms with E-state index in [4.69, 9.17) is 5.73 Å². The van der Waals surface area contributed by atoms with Gasteiger partial charge in [-0.3, -0.25) is 4.98 Å². The largest absolute Gasteiger partial charge is 0.390 e. The van der Waals surface area contributed by atoms with Crippen molar-refractivity contribution in [1.82, 2.24) is 4.98 Å². The number of halogens is 3. The molecule has 0 saturated heterocycles. The zero-order valence-corrected chi connectivity index (χ0v) is 8.96. The van der Waals surface area contributed by atoms with E-state index in [2.05, 4.69) is 4.98 Å². The normalized spacial score (nSPS) is 11.6. The number of nitrogens with two attached hydrogens (primary N) is 1. The lowest BCUT2D eigenvalue weighted by Gasteiger charge is -2.22. The Labute approximate surface area is 92.1 Å². The first-order valence-corrected chi connectivity index (χ1v) is 4.85. The Morgan fingerprint density at radius 2 is 2.12 bits per heavy atom. The van der Waals surface area contributed by atoms with Crippen molar-refractivity contribution in [2.45, 2.75) is 19.1 Å². The van der Waals surface area contributed by atoms with Gasteiger partial charge in [-0.2, -0.15) is 13.2 Å². The fraction of sp³-hybridized carbons (Fsp3) is 0.500. The second kappa shape index (κ2) is 5.16. The first-order chi connectivity index (χ1) is 7.44. The van der Waals surface area contributed by atoms with E-state index >= 15 is 0 Å². The van der Waals surface area contributed by atoms with Crippen LogP contribution < -0.4 is 10.6 Å². The first-order valence-electron chi connectivity index (χ1n) is 4.85. The van der Waals surface area contributed by atoms with Gasteiger partial charge in [-0.1, -0.05) is 0 Å². The van der Waals surface area contributed by atoms with E-state index in [1.165, 1.54) is 4.90 Å². The molecule has 2 N–H and O–H groups in total.